The van der Waals surface area contributed by atoms with E-state index in [2.05, 4.69) is 0 Å². The Hall–Kier alpha value is -2.12. The van der Waals surface area contributed by atoms with Crippen molar-refractivity contribution in [1.82, 2.24) is 9.80 Å². The number of carboxylic acids is 1. The molecule has 0 saturated carbocycles. The van der Waals surface area contributed by atoms with Crippen LogP contribution in [0.2, 0.25) is 0 Å². The number of nitriles is 2. The molecule has 0 aromatic heterocycles. The van der Waals surface area contributed by atoms with Gasteiger partial charge in [-0.05, 0) is 19.4 Å². The molecule has 1 N–H and O–H groups in total. The quantitative estimate of drug-likeness (QED) is 0.735. The molecule has 1 aliphatic heterocycles. The maximum Gasteiger partial charge on any atom is 0.320 e. The zero-order valence-electron chi connectivity index (χ0n) is 12.0. The molecule has 0 aromatic rings. The van der Waals surface area contributed by atoms with E-state index >= 15 is 0 Å². The average Bonchev–Trinajstić information content (AvgIpc) is 2.47. The number of carboxylic acid groups (broad SMARTS) is 1. The van der Waals surface area contributed by atoms with Gasteiger partial charge in [-0.25, -0.2) is 0 Å². The Morgan fingerprint density at radius 3 is 2.33 bits per heavy atom. The van der Waals surface area contributed by atoms with Crippen LogP contribution in [0.25, 0.3) is 0 Å². The number of amides is 1. The highest BCUT2D eigenvalue weighted by atomic mass is 16.4. The lowest BCUT2D eigenvalue weighted by atomic mass is 10.0. The van der Waals surface area contributed by atoms with Crippen molar-refractivity contribution in [3.8, 4) is 12.1 Å². The molecule has 1 heterocycles. The highest BCUT2D eigenvalue weighted by molar-refractivity contribution is 5.80. The third kappa shape index (κ3) is 5.41. The number of carbonyl (C=O) groups is 2. The molecule has 0 radical (unpaired) electrons. The van der Waals surface area contributed by atoms with Gasteiger partial charge in [0.1, 0.15) is 6.04 Å². The van der Waals surface area contributed by atoms with Crippen molar-refractivity contribution < 1.29 is 14.7 Å². The van der Waals surface area contributed by atoms with Crippen LogP contribution in [-0.2, 0) is 9.59 Å². The summed E-state index contributed by atoms with van der Waals surface area (Å²) in [4.78, 5) is 26.6. The second-order valence-electron chi connectivity index (χ2n) is 5.02. The van der Waals surface area contributed by atoms with Crippen LogP contribution in [0.4, 0.5) is 0 Å². The Bertz CT molecular complexity index is 434. The molecule has 0 aliphatic carbocycles. The summed E-state index contributed by atoms with van der Waals surface area (Å²) in [6.45, 7) is 1.19. The van der Waals surface area contributed by atoms with Crippen molar-refractivity contribution in [1.29, 1.82) is 10.5 Å². The predicted octanol–water partition coefficient (Wildman–Crippen LogP) is 0.581. The lowest BCUT2D eigenvalue weighted by Crippen LogP contribution is -2.50. The average molecular weight is 292 g/mol. The van der Waals surface area contributed by atoms with Gasteiger partial charge in [0.2, 0.25) is 5.91 Å². The predicted molar refractivity (Wildman–Crippen MR) is 73.9 cm³/mol. The minimum absolute atomic E-state index is 0.0355. The van der Waals surface area contributed by atoms with Crippen LogP contribution < -0.4 is 0 Å². The second kappa shape index (κ2) is 8.93. The summed E-state index contributed by atoms with van der Waals surface area (Å²) >= 11 is 0. The minimum Gasteiger partial charge on any atom is -0.480 e. The first-order valence-electron chi connectivity index (χ1n) is 7.08. The van der Waals surface area contributed by atoms with Gasteiger partial charge in [-0.2, -0.15) is 10.5 Å². The van der Waals surface area contributed by atoms with Crippen LogP contribution in [-0.4, -0.2) is 59.0 Å². The van der Waals surface area contributed by atoms with E-state index < -0.39 is 12.0 Å². The van der Waals surface area contributed by atoms with Gasteiger partial charge in [-0.1, -0.05) is 6.42 Å². The molecule has 7 heteroatoms. The lowest BCUT2D eigenvalue weighted by molar-refractivity contribution is -0.146. The molecule has 1 rings (SSSR count). The molecule has 1 aliphatic rings. The van der Waals surface area contributed by atoms with Crippen molar-refractivity contribution in [2.75, 3.05) is 26.2 Å². The van der Waals surface area contributed by atoms with Gasteiger partial charge in [0.25, 0.3) is 0 Å². The molecule has 114 valence electrons. The Morgan fingerprint density at radius 2 is 1.81 bits per heavy atom. The first kappa shape index (κ1) is 16.9. The van der Waals surface area contributed by atoms with Gasteiger partial charge in [-0.3, -0.25) is 14.5 Å². The molecule has 0 spiro atoms. The number of nitrogens with zero attached hydrogens (tertiary/aromatic N) is 4. The Labute approximate surface area is 124 Å². The van der Waals surface area contributed by atoms with E-state index in [-0.39, 0.29) is 38.4 Å². The summed E-state index contributed by atoms with van der Waals surface area (Å²) in [6.07, 6.45) is 2.71. The number of likely N-dealkylation sites (tertiary alicyclic amines) is 1. The van der Waals surface area contributed by atoms with Crippen LogP contribution in [0.15, 0.2) is 0 Å². The van der Waals surface area contributed by atoms with Gasteiger partial charge in [0, 0.05) is 13.1 Å². The maximum atomic E-state index is 12.3. The fourth-order valence-electron chi connectivity index (χ4n) is 2.46. The summed E-state index contributed by atoms with van der Waals surface area (Å²) in [6, 6.07) is 3.34. The Balaban J connectivity index is 2.63. The van der Waals surface area contributed by atoms with Crippen LogP contribution in [0, 0.1) is 22.7 Å². The SMILES string of the molecule is N#CCCN(CCC#N)C(=O)CN1CCCCC1C(=O)O. The molecule has 1 fully saturated rings. The smallest absolute Gasteiger partial charge is 0.320 e. The van der Waals surface area contributed by atoms with E-state index in [0.29, 0.717) is 13.0 Å². The normalized spacial score (nSPS) is 18.5. The van der Waals surface area contributed by atoms with E-state index in [1.165, 1.54) is 4.90 Å². The van der Waals surface area contributed by atoms with Crippen LogP contribution in [0.3, 0.4) is 0 Å². The molecule has 1 atom stereocenters. The number of hydrogen-bond donors (Lipinski definition) is 1. The molecule has 7 nitrogen and oxygen atoms in total. The highest BCUT2D eigenvalue weighted by Gasteiger charge is 2.30. The third-order valence-electron chi connectivity index (χ3n) is 3.58. The van der Waals surface area contributed by atoms with Crippen LogP contribution in [0.5, 0.6) is 0 Å². The minimum atomic E-state index is -0.900. The van der Waals surface area contributed by atoms with Crippen molar-refractivity contribution in [2.24, 2.45) is 0 Å². The van der Waals surface area contributed by atoms with E-state index in [9.17, 15) is 14.7 Å². The molecule has 1 amide bonds. The molecular formula is C14H20N4O3. The highest BCUT2D eigenvalue weighted by Crippen LogP contribution is 2.17. The molecule has 0 bridgehead atoms. The lowest BCUT2D eigenvalue weighted by Gasteiger charge is -2.33. The number of piperidine rings is 1. The van der Waals surface area contributed by atoms with Gasteiger partial charge >= 0.3 is 5.97 Å². The van der Waals surface area contributed by atoms with E-state index in [1.54, 1.807) is 4.90 Å². The summed E-state index contributed by atoms with van der Waals surface area (Å²) in [5, 5.41) is 26.4. The molecule has 21 heavy (non-hydrogen) atoms. The standard InChI is InChI=1S/C14H20N4O3/c15-6-3-9-17(10-4-7-16)13(19)11-18-8-2-1-5-12(18)14(20)21/h12H,1-5,8-11H2,(H,20,21). The van der Waals surface area contributed by atoms with E-state index in [0.717, 1.165) is 12.8 Å². The van der Waals surface area contributed by atoms with Crippen molar-refractivity contribution in [3.05, 3.63) is 0 Å². The number of carbonyl (C=O) groups excluding carboxylic acids is 1. The summed E-state index contributed by atoms with van der Waals surface area (Å²) < 4.78 is 0. The van der Waals surface area contributed by atoms with Crippen LogP contribution in [0.1, 0.15) is 32.1 Å². The maximum absolute atomic E-state index is 12.3. The van der Waals surface area contributed by atoms with Crippen molar-refractivity contribution >= 4 is 11.9 Å². The van der Waals surface area contributed by atoms with Gasteiger partial charge in [-0.15, -0.1) is 0 Å². The fraction of sp³-hybridized carbons (Fsp3) is 0.714. The number of hydrogen-bond acceptors (Lipinski definition) is 5. The van der Waals surface area contributed by atoms with E-state index in [4.69, 9.17) is 10.5 Å². The number of aliphatic carboxylic acids is 1. The number of rotatable bonds is 7. The zero-order valence-corrected chi connectivity index (χ0v) is 12.0. The van der Waals surface area contributed by atoms with Gasteiger partial charge < -0.3 is 10.0 Å². The monoisotopic (exact) mass is 292 g/mol. The van der Waals surface area contributed by atoms with Gasteiger partial charge in [0.05, 0.1) is 31.5 Å². The molecular weight excluding hydrogens is 272 g/mol. The first-order chi connectivity index (χ1) is 10.1. The van der Waals surface area contributed by atoms with Crippen LogP contribution >= 0.6 is 0 Å². The summed E-state index contributed by atoms with van der Waals surface area (Å²) in [7, 11) is 0. The Kier molecular flexibility index (Phi) is 7.20. The summed E-state index contributed by atoms with van der Waals surface area (Å²) in [5.41, 5.74) is 0. The third-order valence-corrected chi connectivity index (χ3v) is 3.58. The second-order valence-corrected chi connectivity index (χ2v) is 5.02. The molecule has 0 aromatic carbocycles. The zero-order chi connectivity index (χ0) is 15.7. The molecule has 1 unspecified atom stereocenters. The Morgan fingerprint density at radius 1 is 1.19 bits per heavy atom. The fourth-order valence-corrected chi connectivity index (χ4v) is 2.46. The van der Waals surface area contributed by atoms with Crippen molar-refractivity contribution in [3.63, 3.8) is 0 Å². The van der Waals surface area contributed by atoms with E-state index in [1.807, 2.05) is 12.1 Å². The largest absolute Gasteiger partial charge is 0.480 e. The van der Waals surface area contributed by atoms with Crippen molar-refractivity contribution in [2.45, 2.75) is 38.1 Å². The van der Waals surface area contributed by atoms with Gasteiger partial charge in [0.15, 0.2) is 0 Å². The topological polar surface area (TPSA) is 108 Å². The molecule has 1 saturated heterocycles. The summed E-state index contributed by atoms with van der Waals surface area (Å²) in [5.74, 6) is -1.11. The first-order valence-corrected chi connectivity index (χ1v) is 7.08.